The van der Waals surface area contributed by atoms with Gasteiger partial charge in [-0.25, -0.2) is 9.98 Å². The van der Waals surface area contributed by atoms with Crippen molar-refractivity contribution < 1.29 is 43.3 Å². The van der Waals surface area contributed by atoms with Gasteiger partial charge in [0.1, 0.15) is 0 Å². The summed E-state index contributed by atoms with van der Waals surface area (Å²) in [5, 5.41) is 2.96. The van der Waals surface area contributed by atoms with Crippen molar-refractivity contribution in [3.8, 4) is 5.88 Å². The summed E-state index contributed by atoms with van der Waals surface area (Å²) in [5.41, 5.74) is -7.63. The first kappa shape index (κ1) is 21.6. The van der Waals surface area contributed by atoms with E-state index in [0.717, 1.165) is 0 Å². The minimum atomic E-state index is -5.92. The van der Waals surface area contributed by atoms with E-state index >= 15 is 0 Å². The van der Waals surface area contributed by atoms with E-state index in [1.165, 1.54) is 6.92 Å². The summed E-state index contributed by atoms with van der Waals surface area (Å²) >= 11 is 0.647. The van der Waals surface area contributed by atoms with Crippen LogP contribution >= 0.6 is 0 Å². The molecule has 0 unspecified atom stereocenters. The molecule has 0 amide bonds. The lowest BCUT2D eigenvalue weighted by molar-refractivity contribution is -0.270. The minimum absolute atomic E-state index is 0.0602. The van der Waals surface area contributed by atoms with Crippen LogP contribution in [0, 0.1) is 0 Å². The van der Waals surface area contributed by atoms with Gasteiger partial charge in [-0.15, -0.1) is 0 Å². The highest BCUT2D eigenvalue weighted by Gasteiger charge is 2.75. The van der Waals surface area contributed by atoms with Crippen LogP contribution < -0.4 is 3.79 Å². The highest BCUT2D eigenvalue weighted by atomic mass is 27.1. The second-order valence-electron chi connectivity index (χ2n) is 5.35. The summed E-state index contributed by atoms with van der Waals surface area (Å²) in [6, 6.07) is 0.311. The lowest BCUT2D eigenvalue weighted by atomic mass is 9.90. The Kier molecular flexibility index (Phi) is 5.34. The molecule has 15 heteroatoms. The first-order valence-corrected chi connectivity index (χ1v) is 7.67. The van der Waals surface area contributed by atoms with Crippen molar-refractivity contribution in [2.45, 2.75) is 43.8 Å². The minimum Gasteiger partial charge on any atom is -0.636 e. The summed E-state index contributed by atoms with van der Waals surface area (Å²) in [6.07, 6.45) is -17.7. The number of hydrogen-bond donors (Lipinski definition) is 0. The molecule has 0 fully saturated rings. The molecule has 0 aromatic carbocycles. The fourth-order valence-electron chi connectivity index (χ4n) is 2.37. The van der Waals surface area contributed by atoms with Crippen LogP contribution in [0.15, 0.2) is 16.1 Å². The largest absolute Gasteiger partial charge is 0.636 e. The number of halogens is 9. The van der Waals surface area contributed by atoms with E-state index in [0.29, 0.717) is 22.7 Å². The Morgan fingerprint density at radius 2 is 1.63 bits per heavy atom. The van der Waals surface area contributed by atoms with Crippen molar-refractivity contribution in [2.24, 2.45) is 9.98 Å². The molecule has 149 valence electrons. The van der Waals surface area contributed by atoms with Crippen molar-refractivity contribution in [3.63, 3.8) is 0 Å². The van der Waals surface area contributed by atoms with E-state index < -0.39 is 53.7 Å². The number of alkyl halides is 9. The molecule has 1 radical (unpaired) electrons. The summed E-state index contributed by atoms with van der Waals surface area (Å²) in [6.45, 7) is 1.31. The average molecular weight is 423 g/mol. The Bertz CT molecular complexity index is 761. The van der Waals surface area contributed by atoms with Gasteiger partial charge in [-0.05, 0) is 6.42 Å². The molecule has 2 heterocycles. The molecule has 2 rings (SSSR count). The molecule has 0 saturated heterocycles. The highest BCUT2D eigenvalue weighted by Crippen LogP contribution is 2.50. The molecule has 0 saturated carbocycles. The monoisotopic (exact) mass is 423 g/mol. The molecular weight excluding hydrogens is 414 g/mol. The second-order valence-corrected chi connectivity index (χ2v) is 5.64. The van der Waals surface area contributed by atoms with Crippen LogP contribution in [0.2, 0.25) is 0 Å². The molecule has 1 aliphatic rings. The van der Waals surface area contributed by atoms with Crippen molar-refractivity contribution in [1.29, 1.82) is 0 Å². The van der Waals surface area contributed by atoms with Gasteiger partial charge in [-0.1, -0.05) is 13.3 Å². The third-order valence-electron chi connectivity index (χ3n) is 3.53. The molecule has 0 bridgehead atoms. The zero-order valence-electron chi connectivity index (χ0n) is 13.3. The normalized spacial score (nSPS) is 17.7. The third kappa shape index (κ3) is 3.54. The Balaban J connectivity index is 2.74. The van der Waals surface area contributed by atoms with Crippen LogP contribution in [0.3, 0.4) is 0 Å². The third-order valence-corrected chi connectivity index (χ3v) is 3.83. The number of nitrogens with zero attached hydrogens (tertiary/aromatic N) is 4. The Morgan fingerprint density at radius 1 is 1.07 bits per heavy atom. The van der Waals surface area contributed by atoms with E-state index in [-0.39, 0.29) is 11.1 Å². The van der Waals surface area contributed by atoms with Crippen LogP contribution in [0.5, 0.6) is 5.88 Å². The Hall–Kier alpha value is -1.75. The van der Waals surface area contributed by atoms with Gasteiger partial charge in [0.15, 0.2) is 11.6 Å². The quantitative estimate of drug-likeness (QED) is 0.553. The van der Waals surface area contributed by atoms with Crippen LogP contribution in [-0.2, 0) is 6.18 Å². The maximum Gasteiger partial charge on any atom is 0.495 e. The maximum absolute atomic E-state index is 13.4. The second kappa shape index (κ2) is 6.70. The fourth-order valence-corrected chi connectivity index (χ4v) is 2.58. The maximum atomic E-state index is 13.4. The molecule has 0 N–H and O–H groups in total. The predicted octanol–water partition coefficient (Wildman–Crippen LogP) is 3.42. The summed E-state index contributed by atoms with van der Waals surface area (Å²) in [4.78, 5) is 5.88. The number of rotatable bonds is 3. The number of hydrogen-bond acceptors (Lipinski definition) is 4. The molecule has 5 nitrogen and oxygen atoms in total. The standard InChI is InChI=1S/C12H9F9N4O.Al.H/c1-2-3-5-9(11(16,17)18,12(19,20)21)23-8(22-5)25-7(26)4-6(24-25)10(13,14)15;;/h4,26H,2-3H2,1H3;;/q;+1;/p-1. The van der Waals surface area contributed by atoms with Crippen LogP contribution in [-0.4, -0.2) is 56.0 Å². The van der Waals surface area contributed by atoms with E-state index in [2.05, 4.69) is 18.9 Å². The number of aromatic nitrogens is 2. The van der Waals surface area contributed by atoms with Crippen molar-refractivity contribution in [3.05, 3.63) is 11.8 Å². The summed E-state index contributed by atoms with van der Waals surface area (Å²) in [7, 11) is 0. The molecule has 0 atom stereocenters. The topological polar surface area (TPSA) is 51.8 Å². The Labute approximate surface area is 153 Å². The smallest absolute Gasteiger partial charge is 0.495 e. The van der Waals surface area contributed by atoms with E-state index in [1.54, 1.807) is 0 Å². The SMILES string of the molecule is CCCC1=NC(n2nc(C(F)(F)F)cc2[O][AlH])=NC1(C(F)(F)F)C(F)(F)F. The zero-order chi connectivity index (χ0) is 20.8. The molecule has 0 spiro atoms. The van der Waals surface area contributed by atoms with Crippen LogP contribution in [0.4, 0.5) is 39.5 Å². The van der Waals surface area contributed by atoms with Gasteiger partial charge in [0.2, 0.25) is 0 Å². The molecule has 1 aromatic rings. The van der Waals surface area contributed by atoms with E-state index in [1.807, 2.05) is 0 Å². The van der Waals surface area contributed by atoms with Crippen molar-refractivity contribution in [1.82, 2.24) is 9.78 Å². The zero-order valence-corrected chi connectivity index (χ0v) is 14.7. The first-order chi connectivity index (χ1) is 12.2. The predicted molar refractivity (Wildman–Crippen MR) is 75.0 cm³/mol. The van der Waals surface area contributed by atoms with Gasteiger partial charge < -0.3 is 3.79 Å². The van der Waals surface area contributed by atoms with Gasteiger partial charge in [0.25, 0.3) is 11.5 Å². The molecule has 1 aromatic heterocycles. The Morgan fingerprint density at radius 3 is 2.04 bits per heavy atom. The molecular formula is C12H9AlF9N4O. The van der Waals surface area contributed by atoms with Gasteiger partial charge in [-0.3, -0.25) is 0 Å². The van der Waals surface area contributed by atoms with Gasteiger partial charge in [0, 0.05) is 6.07 Å². The van der Waals surface area contributed by atoms with Gasteiger partial charge in [-0.2, -0.15) is 49.3 Å². The van der Waals surface area contributed by atoms with Gasteiger partial charge >= 0.3 is 35.2 Å². The molecule has 27 heavy (non-hydrogen) atoms. The summed E-state index contributed by atoms with van der Waals surface area (Å²) in [5.74, 6) is -2.07. The van der Waals surface area contributed by atoms with Crippen LogP contribution in [0.1, 0.15) is 25.5 Å². The highest BCUT2D eigenvalue weighted by molar-refractivity contribution is 6.10. The fraction of sp³-hybridized carbons (Fsp3) is 0.583. The summed E-state index contributed by atoms with van der Waals surface area (Å²) < 4.78 is 123. The molecule has 1 aliphatic heterocycles. The number of aliphatic imine (C=N–C) groups is 2. The first-order valence-electron chi connectivity index (χ1n) is 7.10. The van der Waals surface area contributed by atoms with Crippen LogP contribution in [0.25, 0.3) is 0 Å². The van der Waals surface area contributed by atoms with Crippen molar-refractivity contribution in [2.75, 3.05) is 0 Å². The van der Waals surface area contributed by atoms with Gasteiger partial charge in [0.05, 0.1) is 5.71 Å². The molecule has 0 aliphatic carbocycles. The van der Waals surface area contributed by atoms with Crippen molar-refractivity contribution >= 4 is 28.3 Å². The van der Waals surface area contributed by atoms with E-state index in [9.17, 15) is 39.5 Å². The lowest BCUT2D eigenvalue weighted by Gasteiger charge is -2.31. The van der Waals surface area contributed by atoms with E-state index in [4.69, 9.17) is 0 Å². The lowest BCUT2D eigenvalue weighted by Crippen LogP contribution is -2.59. The average Bonchev–Trinajstić information content (AvgIpc) is 3.07.